The third-order valence-corrected chi connectivity index (χ3v) is 2.95. The van der Waals surface area contributed by atoms with E-state index in [-0.39, 0.29) is 17.9 Å². The number of imide groups is 1. The summed E-state index contributed by atoms with van der Waals surface area (Å²) in [7, 11) is 0. The Morgan fingerprint density at radius 2 is 1.86 bits per heavy atom. The highest BCUT2D eigenvalue weighted by Crippen LogP contribution is 2.19. The summed E-state index contributed by atoms with van der Waals surface area (Å²) in [5.74, 6) is 0.0462. The number of likely N-dealkylation sites (tertiary alicyclic amines) is 1. The average Bonchev–Trinajstić information content (AvgIpc) is 2.19. The lowest BCUT2D eigenvalue weighted by atomic mass is 10.0. The summed E-state index contributed by atoms with van der Waals surface area (Å²) >= 11 is 0. The Balaban J connectivity index is 2.05. The second-order valence-electron chi connectivity index (χ2n) is 4.01. The molecule has 1 N–H and O–H groups in total. The molecule has 0 aromatic heterocycles. The zero-order valence-electron chi connectivity index (χ0n) is 8.29. The molecule has 0 spiro atoms. The van der Waals surface area contributed by atoms with Crippen molar-refractivity contribution in [1.29, 1.82) is 0 Å². The molecule has 78 valence electrons. The van der Waals surface area contributed by atoms with Gasteiger partial charge in [-0.05, 0) is 25.8 Å². The molecule has 14 heavy (non-hydrogen) atoms. The normalized spacial score (nSPS) is 29.4. The first-order chi connectivity index (χ1) is 6.79. The number of hydrogen-bond donors (Lipinski definition) is 1. The molecule has 0 bridgehead atoms. The summed E-state index contributed by atoms with van der Waals surface area (Å²) in [6.07, 6.45) is 3.84. The predicted molar refractivity (Wildman–Crippen MR) is 51.6 cm³/mol. The van der Waals surface area contributed by atoms with E-state index in [4.69, 9.17) is 0 Å². The molecule has 2 amide bonds. The first kappa shape index (κ1) is 9.65. The largest absolute Gasteiger partial charge is 0.315 e. The van der Waals surface area contributed by atoms with Crippen molar-refractivity contribution in [2.24, 2.45) is 0 Å². The fourth-order valence-corrected chi connectivity index (χ4v) is 2.23. The molecule has 2 rings (SSSR count). The predicted octanol–water partition coefficient (Wildman–Crippen LogP) is 0.277. The fraction of sp³-hybridized carbons (Fsp3) is 0.800. The molecular formula is C10H16N2O2. The Labute approximate surface area is 83.6 Å². The SMILES string of the molecule is O=C1CCCC(=O)N1C1CCCNC1. The molecule has 4 heteroatoms. The van der Waals surface area contributed by atoms with Gasteiger partial charge in [0.15, 0.2) is 0 Å². The highest BCUT2D eigenvalue weighted by molar-refractivity contribution is 5.97. The molecule has 0 aliphatic carbocycles. The minimum Gasteiger partial charge on any atom is -0.315 e. The Morgan fingerprint density at radius 1 is 1.14 bits per heavy atom. The summed E-state index contributed by atoms with van der Waals surface area (Å²) in [6, 6.07) is 0.115. The smallest absolute Gasteiger partial charge is 0.229 e. The third-order valence-electron chi connectivity index (χ3n) is 2.95. The maximum Gasteiger partial charge on any atom is 0.229 e. The van der Waals surface area contributed by atoms with Gasteiger partial charge < -0.3 is 5.32 Å². The fourth-order valence-electron chi connectivity index (χ4n) is 2.23. The van der Waals surface area contributed by atoms with Crippen molar-refractivity contribution >= 4 is 11.8 Å². The summed E-state index contributed by atoms with van der Waals surface area (Å²) in [6.45, 7) is 1.78. The van der Waals surface area contributed by atoms with Crippen LogP contribution >= 0.6 is 0 Å². The van der Waals surface area contributed by atoms with Crippen LogP contribution in [-0.4, -0.2) is 35.8 Å². The highest BCUT2D eigenvalue weighted by Gasteiger charge is 2.32. The zero-order chi connectivity index (χ0) is 9.97. The molecule has 2 aliphatic heterocycles. The molecule has 2 heterocycles. The number of carbonyl (C=O) groups excluding carboxylic acids is 2. The van der Waals surface area contributed by atoms with Crippen LogP contribution in [0.1, 0.15) is 32.1 Å². The van der Waals surface area contributed by atoms with Crippen molar-refractivity contribution in [1.82, 2.24) is 10.2 Å². The van der Waals surface area contributed by atoms with Crippen molar-refractivity contribution < 1.29 is 9.59 Å². The quantitative estimate of drug-likeness (QED) is 0.613. The lowest BCUT2D eigenvalue weighted by Gasteiger charge is -2.35. The van der Waals surface area contributed by atoms with Crippen LogP contribution in [0, 0.1) is 0 Å². The Kier molecular flexibility index (Phi) is 2.82. The molecule has 0 radical (unpaired) electrons. The average molecular weight is 196 g/mol. The lowest BCUT2D eigenvalue weighted by Crippen LogP contribution is -2.52. The van der Waals surface area contributed by atoms with E-state index >= 15 is 0 Å². The van der Waals surface area contributed by atoms with Gasteiger partial charge in [-0.15, -0.1) is 0 Å². The molecule has 0 aromatic carbocycles. The summed E-state index contributed by atoms with van der Waals surface area (Å²) in [5, 5.41) is 3.23. The topological polar surface area (TPSA) is 49.4 Å². The van der Waals surface area contributed by atoms with Gasteiger partial charge in [0, 0.05) is 19.4 Å². The van der Waals surface area contributed by atoms with Crippen LogP contribution in [0.25, 0.3) is 0 Å². The van der Waals surface area contributed by atoms with Crippen molar-refractivity contribution in [3.8, 4) is 0 Å². The number of hydrogen-bond acceptors (Lipinski definition) is 3. The van der Waals surface area contributed by atoms with Crippen molar-refractivity contribution in [3.05, 3.63) is 0 Å². The van der Waals surface area contributed by atoms with Crippen LogP contribution in [-0.2, 0) is 9.59 Å². The second kappa shape index (κ2) is 4.09. The Morgan fingerprint density at radius 3 is 2.43 bits per heavy atom. The van der Waals surface area contributed by atoms with E-state index in [1.54, 1.807) is 0 Å². The first-order valence-corrected chi connectivity index (χ1v) is 5.34. The van der Waals surface area contributed by atoms with Crippen LogP contribution in [0.4, 0.5) is 0 Å². The Hall–Kier alpha value is -0.900. The molecule has 4 nitrogen and oxygen atoms in total. The van der Waals surface area contributed by atoms with Crippen LogP contribution in [0.2, 0.25) is 0 Å². The van der Waals surface area contributed by atoms with E-state index in [0.29, 0.717) is 12.8 Å². The summed E-state index contributed by atoms with van der Waals surface area (Å²) in [5.41, 5.74) is 0. The van der Waals surface area contributed by atoms with Gasteiger partial charge in [-0.1, -0.05) is 0 Å². The molecule has 2 saturated heterocycles. The number of piperidine rings is 2. The van der Waals surface area contributed by atoms with Crippen LogP contribution in [0.3, 0.4) is 0 Å². The molecule has 0 saturated carbocycles. The van der Waals surface area contributed by atoms with Gasteiger partial charge in [0.1, 0.15) is 0 Å². The van der Waals surface area contributed by atoms with Gasteiger partial charge in [0.05, 0.1) is 6.04 Å². The minimum absolute atomic E-state index is 0.0231. The van der Waals surface area contributed by atoms with E-state index < -0.39 is 0 Å². The molecule has 0 aromatic rings. The van der Waals surface area contributed by atoms with E-state index in [1.165, 1.54) is 4.90 Å². The third kappa shape index (κ3) is 1.80. The molecule has 1 atom stereocenters. The maximum absolute atomic E-state index is 11.6. The monoisotopic (exact) mass is 196 g/mol. The number of carbonyl (C=O) groups is 2. The van der Waals surface area contributed by atoms with E-state index in [1.807, 2.05) is 0 Å². The first-order valence-electron chi connectivity index (χ1n) is 5.34. The molecule has 2 fully saturated rings. The van der Waals surface area contributed by atoms with Gasteiger partial charge in [0.2, 0.25) is 11.8 Å². The van der Waals surface area contributed by atoms with E-state index in [9.17, 15) is 9.59 Å². The van der Waals surface area contributed by atoms with Crippen LogP contribution in [0.5, 0.6) is 0 Å². The minimum atomic E-state index is 0.0231. The lowest BCUT2D eigenvalue weighted by molar-refractivity contribution is -0.151. The van der Waals surface area contributed by atoms with Crippen molar-refractivity contribution in [2.45, 2.75) is 38.1 Å². The summed E-state index contributed by atoms with van der Waals surface area (Å²) < 4.78 is 0. The number of amides is 2. The number of nitrogens with one attached hydrogen (secondary N) is 1. The van der Waals surface area contributed by atoms with Gasteiger partial charge >= 0.3 is 0 Å². The standard InChI is InChI=1S/C10H16N2O2/c13-9-4-1-5-10(14)12(9)8-3-2-6-11-7-8/h8,11H,1-7H2. The van der Waals surface area contributed by atoms with Crippen LogP contribution in [0.15, 0.2) is 0 Å². The summed E-state index contributed by atoms with van der Waals surface area (Å²) in [4.78, 5) is 24.7. The van der Waals surface area contributed by atoms with Crippen LogP contribution < -0.4 is 5.32 Å². The second-order valence-corrected chi connectivity index (χ2v) is 4.01. The van der Waals surface area contributed by atoms with Gasteiger partial charge in [0.25, 0.3) is 0 Å². The Bertz CT molecular complexity index is 231. The number of nitrogens with zero attached hydrogens (tertiary/aromatic N) is 1. The molecular weight excluding hydrogens is 180 g/mol. The van der Waals surface area contributed by atoms with Crippen molar-refractivity contribution in [2.75, 3.05) is 13.1 Å². The molecule has 1 unspecified atom stereocenters. The highest BCUT2D eigenvalue weighted by atomic mass is 16.2. The number of rotatable bonds is 1. The molecule has 2 aliphatic rings. The van der Waals surface area contributed by atoms with Crippen molar-refractivity contribution in [3.63, 3.8) is 0 Å². The van der Waals surface area contributed by atoms with Gasteiger partial charge in [-0.3, -0.25) is 14.5 Å². The van der Waals surface area contributed by atoms with E-state index in [0.717, 1.165) is 32.4 Å². The van der Waals surface area contributed by atoms with Gasteiger partial charge in [-0.2, -0.15) is 0 Å². The van der Waals surface area contributed by atoms with Gasteiger partial charge in [-0.25, -0.2) is 0 Å². The zero-order valence-corrected chi connectivity index (χ0v) is 8.29. The maximum atomic E-state index is 11.6. The van der Waals surface area contributed by atoms with E-state index in [2.05, 4.69) is 5.32 Å².